The topological polar surface area (TPSA) is 15.3 Å². The van der Waals surface area contributed by atoms with Crippen LogP contribution in [0.2, 0.25) is 0 Å². The highest BCUT2D eigenvalue weighted by Gasteiger charge is 2.18. The minimum atomic E-state index is 0.706. The van der Waals surface area contributed by atoms with E-state index in [0.29, 0.717) is 6.04 Å². The van der Waals surface area contributed by atoms with E-state index < -0.39 is 0 Å². The van der Waals surface area contributed by atoms with E-state index in [1.165, 1.54) is 31.7 Å². The molecule has 0 saturated carbocycles. The van der Waals surface area contributed by atoms with Crippen LogP contribution >= 0.6 is 11.8 Å². The second-order valence-electron chi connectivity index (χ2n) is 4.04. The van der Waals surface area contributed by atoms with E-state index in [-0.39, 0.29) is 0 Å². The van der Waals surface area contributed by atoms with Crippen LogP contribution in [0.4, 0.5) is 0 Å². The highest BCUT2D eigenvalue weighted by atomic mass is 32.2. The Kier molecular flexibility index (Phi) is 5.14. The lowest BCUT2D eigenvalue weighted by molar-refractivity contribution is 0.252. The van der Waals surface area contributed by atoms with Crippen LogP contribution in [-0.2, 0) is 0 Å². The van der Waals surface area contributed by atoms with E-state index in [1.807, 2.05) is 11.8 Å². The van der Waals surface area contributed by atoms with Crippen LogP contribution < -0.4 is 5.32 Å². The molecule has 0 aliphatic carbocycles. The zero-order valence-electron chi connectivity index (χ0n) is 9.05. The molecule has 0 bridgehead atoms. The molecule has 0 amide bonds. The molecule has 1 fully saturated rings. The minimum Gasteiger partial charge on any atom is -0.313 e. The van der Waals surface area contributed by atoms with E-state index in [0.717, 1.165) is 6.04 Å². The number of hydrogen-bond acceptors (Lipinski definition) is 3. The maximum absolute atomic E-state index is 3.54. The van der Waals surface area contributed by atoms with Gasteiger partial charge in [0.15, 0.2) is 0 Å². The van der Waals surface area contributed by atoms with Crippen molar-refractivity contribution in [3.8, 4) is 0 Å². The minimum absolute atomic E-state index is 0.706. The summed E-state index contributed by atoms with van der Waals surface area (Å²) in [5.74, 6) is 1.24. The van der Waals surface area contributed by atoms with Crippen LogP contribution in [0, 0.1) is 0 Å². The fourth-order valence-corrected chi connectivity index (χ4v) is 2.55. The van der Waals surface area contributed by atoms with Gasteiger partial charge in [-0.1, -0.05) is 0 Å². The fraction of sp³-hybridized carbons (Fsp3) is 1.00. The SMILES string of the molecule is CSCC(C)N(C)C[C@H]1CCCN1. The summed E-state index contributed by atoms with van der Waals surface area (Å²) in [7, 11) is 2.24. The Balaban J connectivity index is 2.18. The predicted molar refractivity (Wildman–Crippen MR) is 61.5 cm³/mol. The molecule has 2 atom stereocenters. The summed E-state index contributed by atoms with van der Waals surface area (Å²) < 4.78 is 0. The lowest BCUT2D eigenvalue weighted by atomic mass is 10.2. The second kappa shape index (κ2) is 5.89. The van der Waals surface area contributed by atoms with Crippen molar-refractivity contribution < 1.29 is 0 Å². The Morgan fingerprint density at radius 2 is 2.38 bits per heavy atom. The average molecular weight is 202 g/mol. The Morgan fingerprint density at radius 1 is 1.62 bits per heavy atom. The number of hydrogen-bond donors (Lipinski definition) is 1. The summed E-state index contributed by atoms with van der Waals surface area (Å²) in [5.41, 5.74) is 0. The number of nitrogens with one attached hydrogen (secondary N) is 1. The summed E-state index contributed by atoms with van der Waals surface area (Å²) in [6, 6.07) is 1.45. The first-order valence-corrected chi connectivity index (χ1v) is 6.56. The molecular weight excluding hydrogens is 180 g/mol. The standard InChI is InChI=1S/C10H22N2S/c1-9(8-13-3)12(2)7-10-5-4-6-11-10/h9-11H,4-8H2,1-3H3/t9?,10-/m1/s1. The summed E-state index contributed by atoms with van der Waals surface area (Å²) in [4.78, 5) is 2.47. The number of thioether (sulfide) groups is 1. The summed E-state index contributed by atoms with van der Waals surface area (Å²) in [6.07, 6.45) is 4.89. The Bertz CT molecular complexity index is 135. The number of likely N-dealkylation sites (N-methyl/N-ethyl adjacent to an activating group) is 1. The molecule has 0 aromatic heterocycles. The molecule has 13 heavy (non-hydrogen) atoms. The highest BCUT2D eigenvalue weighted by Crippen LogP contribution is 2.09. The largest absolute Gasteiger partial charge is 0.313 e. The zero-order valence-corrected chi connectivity index (χ0v) is 9.86. The summed E-state index contributed by atoms with van der Waals surface area (Å²) in [5, 5.41) is 3.54. The second-order valence-corrected chi connectivity index (χ2v) is 4.95. The van der Waals surface area contributed by atoms with Crippen LogP contribution in [-0.4, -0.2) is 49.1 Å². The van der Waals surface area contributed by atoms with Crippen LogP contribution in [0.1, 0.15) is 19.8 Å². The molecule has 1 aliphatic rings. The van der Waals surface area contributed by atoms with Gasteiger partial charge in [-0.25, -0.2) is 0 Å². The predicted octanol–water partition coefficient (Wildman–Crippen LogP) is 1.42. The lowest BCUT2D eigenvalue weighted by Crippen LogP contribution is -2.40. The van der Waals surface area contributed by atoms with Crippen LogP contribution in [0.3, 0.4) is 0 Å². The number of nitrogens with zero attached hydrogens (tertiary/aromatic N) is 1. The molecule has 1 N–H and O–H groups in total. The molecule has 3 heteroatoms. The summed E-state index contributed by atoms with van der Waals surface area (Å²) >= 11 is 1.93. The third-order valence-electron chi connectivity index (χ3n) is 2.83. The molecule has 1 saturated heterocycles. The van der Waals surface area contributed by atoms with Gasteiger partial charge in [0.2, 0.25) is 0 Å². The average Bonchev–Trinajstić information content (AvgIpc) is 2.57. The van der Waals surface area contributed by atoms with Gasteiger partial charge >= 0.3 is 0 Å². The molecule has 0 radical (unpaired) electrons. The molecule has 0 aromatic carbocycles. The first-order valence-electron chi connectivity index (χ1n) is 5.16. The van der Waals surface area contributed by atoms with Gasteiger partial charge in [0.05, 0.1) is 0 Å². The Hall–Kier alpha value is 0.270. The molecule has 1 rings (SSSR count). The zero-order chi connectivity index (χ0) is 9.68. The Labute approximate surface area is 86.5 Å². The molecule has 1 unspecified atom stereocenters. The monoisotopic (exact) mass is 202 g/mol. The van der Waals surface area contributed by atoms with Crippen LogP contribution in [0.5, 0.6) is 0 Å². The molecule has 0 spiro atoms. The van der Waals surface area contributed by atoms with E-state index in [9.17, 15) is 0 Å². The van der Waals surface area contributed by atoms with E-state index >= 15 is 0 Å². The van der Waals surface area contributed by atoms with Crippen molar-refractivity contribution in [2.24, 2.45) is 0 Å². The van der Waals surface area contributed by atoms with Crippen molar-refractivity contribution in [2.45, 2.75) is 31.8 Å². The van der Waals surface area contributed by atoms with Crippen molar-refractivity contribution >= 4 is 11.8 Å². The smallest absolute Gasteiger partial charge is 0.0195 e. The van der Waals surface area contributed by atoms with Crippen molar-refractivity contribution in [1.29, 1.82) is 0 Å². The first kappa shape index (κ1) is 11.3. The molecule has 1 heterocycles. The third-order valence-corrected chi connectivity index (χ3v) is 3.65. The molecule has 2 nitrogen and oxygen atoms in total. The molecular formula is C10H22N2S. The quantitative estimate of drug-likeness (QED) is 0.726. The highest BCUT2D eigenvalue weighted by molar-refractivity contribution is 7.98. The van der Waals surface area contributed by atoms with Crippen molar-refractivity contribution in [3.05, 3.63) is 0 Å². The molecule has 1 aliphatic heterocycles. The lowest BCUT2D eigenvalue weighted by Gasteiger charge is -2.26. The summed E-state index contributed by atoms with van der Waals surface area (Å²) in [6.45, 7) is 4.74. The van der Waals surface area contributed by atoms with Crippen LogP contribution in [0.25, 0.3) is 0 Å². The van der Waals surface area contributed by atoms with Crippen molar-refractivity contribution in [3.63, 3.8) is 0 Å². The van der Waals surface area contributed by atoms with Gasteiger partial charge in [0.25, 0.3) is 0 Å². The van der Waals surface area contributed by atoms with Gasteiger partial charge in [-0.2, -0.15) is 11.8 Å². The van der Waals surface area contributed by atoms with Gasteiger partial charge < -0.3 is 10.2 Å². The van der Waals surface area contributed by atoms with Gasteiger partial charge in [-0.15, -0.1) is 0 Å². The number of rotatable bonds is 5. The van der Waals surface area contributed by atoms with Gasteiger partial charge in [-0.3, -0.25) is 0 Å². The maximum atomic E-state index is 3.54. The normalized spacial score (nSPS) is 25.4. The Morgan fingerprint density at radius 3 is 2.92 bits per heavy atom. The van der Waals surface area contributed by atoms with Gasteiger partial charge in [0.1, 0.15) is 0 Å². The third kappa shape index (κ3) is 3.88. The van der Waals surface area contributed by atoms with E-state index in [1.54, 1.807) is 0 Å². The van der Waals surface area contributed by atoms with E-state index in [2.05, 4.69) is 30.4 Å². The van der Waals surface area contributed by atoms with Gasteiger partial charge in [-0.05, 0) is 39.6 Å². The molecule has 78 valence electrons. The van der Waals surface area contributed by atoms with Crippen molar-refractivity contribution in [2.75, 3.05) is 32.1 Å². The fourth-order valence-electron chi connectivity index (χ4n) is 1.81. The van der Waals surface area contributed by atoms with Gasteiger partial charge in [0, 0.05) is 24.4 Å². The molecule has 0 aromatic rings. The van der Waals surface area contributed by atoms with E-state index in [4.69, 9.17) is 0 Å². The van der Waals surface area contributed by atoms with Crippen molar-refractivity contribution in [1.82, 2.24) is 10.2 Å². The van der Waals surface area contributed by atoms with Crippen LogP contribution in [0.15, 0.2) is 0 Å². The first-order chi connectivity index (χ1) is 6.24. The maximum Gasteiger partial charge on any atom is 0.0195 e.